The number of aryl methyl sites for hydroxylation is 2. The number of aromatic nitrogens is 2. The van der Waals surface area contributed by atoms with Gasteiger partial charge in [-0.1, -0.05) is 48.0 Å². The Kier molecular flexibility index (Phi) is 6.92. The smallest absolute Gasteiger partial charge is 0.239 e. The molecule has 1 saturated heterocycles. The molecule has 174 valence electrons. The van der Waals surface area contributed by atoms with Crippen molar-refractivity contribution >= 4 is 21.7 Å². The third-order valence-corrected chi connectivity index (χ3v) is 7.51. The van der Waals surface area contributed by atoms with Crippen LogP contribution in [0.15, 0.2) is 60.7 Å². The van der Waals surface area contributed by atoms with Crippen molar-refractivity contribution in [2.75, 3.05) is 38.0 Å². The Morgan fingerprint density at radius 1 is 0.970 bits per heavy atom. The molecule has 0 saturated carbocycles. The average Bonchev–Trinajstić information content (AvgIpc) is 3.14. The lowest BCUT2D eigenvalue weighted by Crippen LogP contribution is -2.50. The molecule has 0 radical (unpaired) electrons. The second-order valence-corrected chi connectivity index (χ2v) is 10.4. The summed E-state index contributed by atoms with van der Waals surface area (Å²) in [4.78, 5) is 14.7. The lowest BCUT2D eigenvalue weighted by molar-refractivity contribution is -0.117. The van der Waals surface area contributed by atoms with E-state index in [0.29, 0.717) is 32.0 Å². The first kappa shape index (κ1) is 23.2. The van der Waals surface area contributed by atoms with Gasteiger partial charge in [0.05, 0.1) is 23.7 Å². The fourth-order valence-corrected chi connectivity index (χ4v) is 5.41. The van der Waals surface area contributed by atoms with Gasteiger partial charge in [-0.3, -0.25) is 9.69 Å². The molecule has 3 aromatic rings. The monoisotopic (exact) mass is 467 g/mol. The average molecular weight is 468 g/mol. The number of sulfonamides is 1. The molecule has 0 aliphatic carbocycles. The van der Waals surface area contributed by atoms with Crippen molar-refractivity contribution < 1.29 is 13.2 Å². The first-order valence-corrected chi connectivity index (χ1v) is 12.6. The van der Waals surface area contributed by atoms with Crippen molar-refractivity contribution in [2.45, 2.75) is 19.6 Å². The molecule has 1 aliphatic heterocycles. The first-order chi connectivity index (χ1) is 15.8. The summed E-state index contributed by atoms with van der Waals surface area (Å²) in [5.41, 5.74) is 3.61. The van der Waals surface area contributed by atoms with Crippen molar-refractivity contribution in [1.29, 1.82) is 0 Å². The van der Waals surface area contributed by atoms with Gasteiger partial charge in [0.25, 0.3) is 0 Å². The van der Waals surface area contributed by atoms with Crippen LogP contribution in [0.25, 0.3) is 5.69 Å². The largest absolute Gasteiger partial charge is 0.309 e. The summed E-state index contributed by atoms with van der Waals surface area (Å²) in [6.45, 7) is 5.88. The molecule has 33 heavy (non-hydrogen) atoms. The van der Waals surface area contributed by atoms with E-state index >= 15 is 0 Å². The predicted octanol–water partition coefficient (Wildman–Crippen LogP) is 2.58. The Balaban J connectivity index is 1.32. The van der Waals surface area contributed by atoms with Crippen LogP contribution >= 0.6 is 0 Å². The summed E-state index contributed by atoms with van der Waals surface area (Å²) in [5, 5.41) is 7.45. The maximum Gasteiger partial charge on any atom is 0.239 e. The summed E-state index contributed by atoms with van der Waals surface area (Å²) in [6.07, 6.45) is 0. The number of hydrogen-bond acceptors (Lipinski definition) is 5. The first-order valence-electron chi connectivity index (χ1n) is 11.0. The lowest BCUT2D eigenvalue weighted by Gasteiger charge is -2.33. The zero-order valence-corrected chi connectivity index (χ0v) is 19.8. The van der Waals surface area contributed by atoms with Crippen LogP contribution in [0.1, 0.15) is 16.8 Å². The Morgan fingerprint density at radius 3 is 2.30 bits per heavy atom. The number of nitrogens with zero attached hydrogens (tertiary/aromatic N) is 4. The number of anilines is 1. The molecule has 0 atom stereocenters. The highest BCUT2D eigenvalue weighted by atomic mass is 32.2. The maximum absolute atomic E-state index is 12.7. The van der Waals surface area contributed by atoms with E-state index in [9.17, 15) is 13.2 Å². The summed E-state index contributed by atoms with van der Waals surface area (Å²) >= 11 is 0. The number of nitrogens with one attached hydrogen (secondary N) is 1. The van der Waals surface area contributed by atoms with Crippen LogP contribution in [0.4, 0.5) is 5.82 Å². The van der Waals surface area contributed by atoms with E-state index in [-0.39, 0.29) is 18.2 Å². The quantitative estimate of drug-likeness (QED) is 0.577. The second-order valence-electron chi connectivity index (χ2n) is 8.38. The summed E-state index contributed by atoms with van der Waals surface area (Å²) < 4.78 is 28.7. The van der Waals surface area contributed by atoms with Gasteiger partial charge >= 0.3 is 0 Å². The molecular formula is C24H29N5O3S. The normalized spacial score (nSPS) is 15.5. The fraction of sp³-hybridized carbons (Fsp3) is 0.333. The number of rotatable bonds is 7. The van der Waals surface area contributed by atoms with Crippen LogP contribution in [0, 0.1) is 13.8 Å². The molecule has 1 aromatic heterocycles. The molecule has 1 N–H and O–H groups in total. The van der Waals surface area contributed by atoms with Gasteiger partial charge in [-0.2, -0.15) is 9.40 Å². The number of carbonyl (C=O) groups is 1. The van der Waals surface area contributed by atoms with E-state index in [0.717, 1.165) is 22.5 Å². The van der Waals surface area contributed by atoms with Crippen LogP contribution in [0.2, 0.25) is 0 Å². The molecule has 4 rings (SSSR count). The minimum absolute atomic E-state index is 0.00330. The lowest BCUT2D eigenvalue weighted by atomic mass is 10.2. The van der Waals surface area contributed by atoms with E-state index < -0.39 is 10.0 Å². The van der Waals surface area contributed by atoms with Gasteiger partial charge < -0.3 is 5.32 Å². The van der Waals surface area contributed by atoms with E-state index in [2.05, 4.69) is 10.4 Å². The SMILES string of the molecule is Cc1ccc(-n2nc(C)cc2NC(=O)CN2CCN(S(=O)(=O)Cc3ccccc3)CC2)cc1. The molecule has 1 fully saturated rings. The van der Waals surface area contributed by atoms with Gasteiger partial charge in [0.2, 0.25) is 15.9 Å². The third-order valence-electron chi connectivity index (χ3n) is 5.66. The Bertz CT molecular complexity index is 1200. The van der Waals surface area contributed by atoms with Crippen LogP contribution in [-0.4, -0.2) is 66.0 Å². The number of amides is 1. The second kappa shape index (κ2) is 9.86. The summed E-state index contributed by atoms with van der Waals surface area (Å²) in [6, 6.07) is 19.0. The minimum atomic E-state index is -3.38. The zero-order chi connectivity index (χ0) is 23.4. The Morgan fingerprint density at radius 2 is 1.64 bits per heavy atom. The predicted molar refractivity (Wildman–Crippen MR) is 129 cm³/mol. The zero-order valence-electron chi connectivity index (χ0n) is 18.9. The van der Waals surface area contributed by atoms with E-state index in [1.807, 2.05) is 79.4 Å². The molecule has 0 bridgehead atoms. The highest BCUT2D eigenvalue weighted by Gasteiger charge is 2.28. The Labute approximate surface area is 194 Å². The topological polar surface area (TPSA) is 87.5 Å². The van der Waals surface area contributed by atoms with Gasteiger partial charge in [-0.25, -0.2) is 13.1 Å². The van der Waals surface area contributed by atoms with Crippen molar-refractivity contribution in [3.63, 3.8) is 0 Å². The van der Waals surface area contributed by atoms with Crippen molar-refractivity contribution in [1.82, 2.24) is 19.0 Å². The van der Waals surface area contributed by atoms with Gasteiger partial charge in [0.1, 0.15) is 5.82 Å². The van der Waals surface area contributed by atoms with Gasteiger partial charge in [0, 0.05) is 32.2 Å². The maximum atomic E-state index is 12.7. The van der Waals surface area contributed by atoms with Crippen molar-refractivity contribution in [3.8, 4) is 5.69 Å². The molecular weight excluding hydrogens is 438 g/mol. The summed E-state index contributed by atoms with van der Waals surface area (Å²) in [7, 11) is -3.38. The molecule has 2 heterocycles. The van der Waals surface area contributed by atoms with Crippen LogP contribution < -0.4 is 5.32 Å². The molecule has 8 nitrogen and oxygen atoms in total. The fourth-order valence-electron chi connectivity index (χ4n) is 3.90. The van der Waals surface area contributed by atoms with E-state index in [1.54, 1.807) is 4.68 Å². The van der Waals surface area contributed by atoms with Crippen LogP contribution in [0.5, 0.6) is 0 Å². The molecule has 0 unspecified atom stereocenters. The molecule has 1 amide bonds. The number of hydrogen-bond donors (Lipinski definition) is 1. The standard InChI is InChI=1S/C24H29N5O3S/c1-19-8-10-22(11-9-19)29-23(16-20(2)26-29)25-24(30)17-27-12-14-28(15-13-27)33(31,32)18-21-6-4-3-5-7-21/h3-11,16H,12-15,17-18H2,1-2H3,(H,25,30). The minimum Gasteiger partial charge on any atom is -0.309 e. The number of piperazine rings is 1. The number of benzene rings is 2. The Hall–Kier alpha value is -3.01. The summed E-state index contributed by atoms with van der Waals surface area (Å²) in [5.74, 6) is 0.464. The number of carbonyl (C=O) groups excluding carboxylic acids is 1. The molecule has 1 aliphatic rings. The highest BCUT2D eigenvalue weighted by molar-refractivity contribution is 7.88. The van der Waals surface area contributed by atoms with Crippen LogP contribution in [-0.2, 0) is 20.6 Å². The van der Waals surface area contributed by atoms with E-state index in [1.165, 1.54) is 4.31 Å². The van der Waals surface area contributed by atoms with Crippen molar-refractivity contribution in [2.24, 2.45) is 0 Å². The van der Waals surface area contributed by atoms with Crippen LogP contribution in [0.3, 0.4) is 0 Å². The van der Waals surface area contributed by atoms with Gasteiger partial charge in [-0.15, -0.1) is 0 Å². The van der Waals surface area contributed by atoms with Crippen molar-refractivity contribution in [3.05, 3.63) is 77.5 Å². The van der Waals surface area contributed by atoms with E-state index in [4.69, 9.17) is 0 Å². The highest BCUT2D eigenvalue weighted by Crippen LogP contribution is 2.18. The molecule has 2 aromatic carbocycles. The third kappa shape index (κ3) is 5.87. The molecule has 9 heteroatoms. The molecule has 0 spiro atoms. The van der Waals surface area contributed by atoms with Gasteiger partial charge in [0.15, 0.2) is 0 Å². The van der Waals surface area contributed by atoms with Gasteiger partial charge in [-0.05, 0) is 31.5 Å².